The summed E-state index contributed by atoms with van der Waals surface area (Å²) in [5, 5.41) is 0. The summed E-state index contributed by atoms with van der Waals surface area (Å²) in [5.41, 5.74) is 5.02. The van der Waals surface area contributed by atoms with Crippen molar-refractivity contribution in [2.75, 3.05) is 7.11 Å². The van der Waals surface area contributed by atoms with Crippen molar-refractivity contribution < 1.29 is 9.47 Å². The third kappa shape index (κ3) is 10.5. The highest BCUT2D eigenvalue weighted by molar-refractivity contribution is 5.34. The minimum atomic E-state index is 0.164. The highest BCUT2D eigenvalue weighted by Crippen LogP contribution is 2.22. The van der Waals surface area contributed by atoms with Gasteiger partial charge in [0.15, 0.2) is 5.76 Å². The van der Waals surface area contributed by atoms with Gasteiger partial charge in [0.1, 0.15) is 12.9 Å². The van der Waals surface area contributed by atoms with Gasteiger partial charge in [-0.3, -0.25) is 0 Å². The van der Waals surface area contributed by atoms with Crippen molar-refractivity contribution in [3.05, 3.63) is 82.9 Å². The Hall–Kier alpha value is -2.22. The van der Waals surface area contributed by atoms with E-state index in [9.17, 15) is 0 Å². The average Bonchev–Trinajstić information content (AvgIpc) is 2.63. The molecule has 0 aliphatic rings. The van der Waals surface area contributed by atoms with Gasteiger partial charge in [-0.1, -0.05) is 82.7 Å². The summed E-state index contributed by atoms with van der Waals surface area (Å²) in [6.45, 7) is 17.4. The van der Waals surface area contributed by atoms with Crippen LogP contribution in [0.4, 0.5) is 0 Å². The summed E-state index contributed by atoms with van der Waals surface area (Å²) in [4.78, 5) is 0. The maximum Gasteiger partial charge on any atom is 0.154 e. The molecule has 0 saturated carbocycles. The van der Waals surface area contributed by atoms with Gasteiger partial charge in [-0.05, 0) is 49.0 Å². The van der Waals surface area contributed by atoms with Crippen molar-refractivity contribution in [3.63, 3.8) is 0 Å². The van der Waals surface area contributed by atoms with Crippen LogP contribution in [0.5, 0.6) is 0 Å². The Balaban J connectivity index is 0.00000326. The topological polar surface area (TPSA) is 18.5 Å². The number of hydrogen-bond donors (Lipinski definition) is 0. The molecule has 0 bridgehead atoms. The monoisotopic (exact) mass is 370 g/mol. The molecule has 27 heavy (non-hydrogen) atoms. The van der Waals surface area contributed by atoms with Gasteiger partial charge in [-0.25, -0.2) is 0 Å². The van der Waals surface area contributed by atoms with Gasteiger partial charge in [-0.15, -0.1) is 0 Å². The Bertz CT molecular complexity index is 647. The van der Waals surface area contributed by atoms with Crippen LogP contribution in [0.25, 0.3) is 0 Å². The van der Waals surface area contributed by atoms with Gasteiger partial charge in [0, 0.05) is 0 Å². The zero-order valence-electron chi connectivity index (χ0n) is 18.7. The quantitative estimate of drug-likeness (QED) is 0.366. The van der Waals surface area contributed by atoms with E-state index < -0.39 is 0 Å². The van der Waals surface area contributed by atoms with Crippen molar-refractivity contribution in [1.82, 2.24) is 0 Å². The number of rotatable bonds is 7. The van der Waals surface area contributed by atoms with Gasteiger partial charge in [0.05, 0.1) is 7.11 Å². The van der Waals surface area contributed by atoms with Crippen LogP contribution in [0.15, 0.2) is 71.7 Å². The van der Waals surface area contributed by atoms with Gasteiger partial charge in [0.25, 0.3) is 0 Å². The first-order valence-electron chi connectivity index (χ1n) is 9.70. The summed E-state index contributed by atoms with van der Waals surface area (Å²) in [5.74, 6) is 0.698. The van der Waals surface area contributed by atoms with Crippen LogP contribution < -0.4 is 0 Å². The molecule has 0 saturated heterocycles. The van der Waals surface area contributed by atoms with E-state index in [1.54, 1.807) is 13.4 Å². The molecule has 150 valence electrons. The fourth-order valence-electron chi connectivity index (χ4n) is 2.24. The second kappa shape index (κ2) is 13.0. The van der Waals surface area contributed by atoms with Crippen molar-refractivity contribution in [1.29, 1.82) is 0 Å². The second-order valence-corrected chi connectivity index (χ2v) is 7.34. The fraction of sp³-hybridized carbons (Fsp3) is 0.440. The minimum Gasteiger partial charge on any atom is -0.501 e. The molecule has 0 N–H and O–H groups in total. The molecule has 1 aromatic rings. The molecule has 0 spiro atoms. The normalized spacial score (nSPS) is 12.3. The van der Waals surface area contributed by atoms with E-state index >= 15 is 0 Å². The lowest BCUT2D eigenvalue weighted by Gasteiger charge is -2.19. The molecule has 1 aromatic carbocycles. The maximum absolute atomic E-state index is 5.90. The molecule has 0 amide bonds. The average molecular weight is 371 g/mol. The number of methoxy groups -OCH3 is 1. The first-order valence-corrected chi connectivity index (χ1v) is 9.70. The summed E-state index contributed by atoms with van der Waals surface area (Å²) < 4.78 is 11.0. The lowest BCUT2D eigenvalue weighted by atomic mass is 9.87. The largest absolute Gasteiger partial charge is 0.501 e. The Labute approximate surface area is 167 Å². The molecule has 0 unspecified atom stereocenters. The second-order valence-electron chi connectivity index (χ2n) is 7.34. The van der Waals surface area contributed by atoms with Crippen molar-refractivity contribution in [2.24, 2.45) is 0 Å². The van der Waals surface area contributed by atoms with E-state index in [0.717, 1.165) is 11.1 Å². The lowest BCUT2D eigenvalue weighted by Crippen LogP contribution is -2.10. The predicted molar refractivity (Wildman–Crippen MR) is 119 cm³/mol. The fourth-order valence-corrected chi connectivity index (χ4v) is 2.24. The highest BCUT2D eigenvalue weighted by atomic mass is 16.5. The smallest absolute Gasteiger partial charge is 0.154 e. The van der Waals surface area contributed by atoms with Crippen LogP contribution >= 0.6 is 0 Å². The van der Waals surface area contributed by atoms with E-state index in [-0.39, 0.29) is 5.41 Å². The molecule has 2 heteroatoms. The molecule has 0 aromatic heterocycles. The molecule has 0 fully saturated rings. The van der Waals surface area contributed by atoms with E-state index in [4.69, 9.17) is 9.47 Å². The molecular formula is C25H38O2. The summed E-state index contributed by atoms with van der Waals surface area (Å²) in [7, 11) is 1.63. The van der Waals surface area contributed by atoms with Crippen molar-refractivity contribution in [2.45, 2.75) is 67.4 Å². The maximum atomic E-state index is 5.90. The number of ether oxygens (including phenoxy) is 2. The lowest BCUT2D eigenvalue weighted by molar-refractivity contribution is 0.192. The third-order valence-corrected chi connectivity index (χ3v) is 3.69. The van der Waals surface area contributed by atoms with E-state index in [1.165, 1.54) is 11.1 Å². The van der Waals surface area contributed by atoms with Gasteiger partial charge < -0.3 is 9.47 Å². The Kier molecular flexibility index (Phi) is 12.0. The van der Waals surface area contributed by atoms with E-state index in [2.05, 4.69) is 71.0 Å². The molecule has 0 radical (unpaired) electrons. The van der Waals surface area contributed by atoms with Crippen LogP contribution in [-0.4, -0.2) is 7.11 Å². The Morgan fingerprint density at radius 2 is 1.59 bits per heavy atom. The Morgan fingerprint density at radius 3 is 2.04 bits per heavy atom. The number of hydrogen-bond acceptors (Lipinski definition) is 2. The van der Waals surface area contributed by atoms with Crippen molar-refractivity contribution >= 4 is 0 Å². The zero-order chi connectivity index (χ0) is 20.9. The third-order valence-electron chi connectivity index (χ3n) is 3.69. The standard InChI is InChI=1S/C23H32O2.C2H6/c1-8-19(15-18(2)3)11-14-22(17-24-7)25-16-20-9-12-21(13-10-20)23(4,5)6;1-2/h8-15,17H,16H2,1-7H3;1-2H3/b14-11-,19-8+,22-17-;. The highest BCUT2D eigenvalue weighted by Gasteiger charge is 2.12. The molecular weight excluding hydrogens is 332 g/mol. The molecule has 0 heterocycles. The summed E-state index contributed by atoms with van der Waals surface area (Å²) in [6, 6.07) is 8.58. The van der Waals surface area contributed by atoms with Crippen LogP contribution in [0, 0.1) is 0 Å². The minimum absolute atomic E-state index is 0.164. The van der Waals surface area contributed by atoms with Crippen LogP contribution in [-0.2, 0) is 21.5 Å². The van der Waals surface area contributed by atoms with E-state index in [1.807, 2.05) is 32.9 Å². The van der Waals surface area contributed by atoms with Gasteiger partial charge >= 0.3 is 0 Å². The van der Waals surface area contributed by atoms with Crippen molar-refractivity contribution in [3.8, 4) is 0 Å². The summed E-state index contributed by atoms with van der Waals surface area (Å²) >= 11 is 0. The SMILES string of the molecule is CC.C\C=C(C=C(C)C)/C=C\C(=C\OC)OCc1ccc(C(C)(C)C)cc1. The first kappa shape index (κ1) is 24.8. The predicted octanol–water partition coefficient (Wildman–Crippen LogP) is 7.48. The number of allylic oxidation sites excluding steroid dienone is 6. The molecule has 0 aliphatic heterocycles. The van der Waals surface area contributed by atoms with Crippen LogP contribution in [0.1, 0.15) is 66.5 Å². The van der Waals surface area contributed by atoms with Crippen LogP contribution in [0.2, 0.25) is 0 Å². The van der Waals surface area contributed by atoms with Gasteiger partial charge in [-0.2, -0.15) is 0 Å². The first-order chi connectivity index (χ1) is 12.8. The summed E-state index contributed by atoms with van der Waals surface area (Å²) in [6.07, 6.45) is 9.78. The zero-order valence-corrected chi connectivity index (χ0v) is 18.7. The molecule has 0 atom stereocenters. The molecule has 1 rings (SSSR count). The molecule has 2 nitrogen and oxygen atoms in total. The molecule has 0 aliphatic carbocycles. The van der Waals surface area contributed by atoms with Gasteiger partial charge in [0.2, 0.25) is 0 Å². The number of benzene rings is 1. The van der Waals surface area contributed by atoms with Crippen LogP contribution in [0.3, 0.4) is 0 Å². The van der Waals surface area contributed by atoms with E-state index in [0.29, 0.717) is 12.4 Å². The Morgan fingerprint density at radius 1 is 1.00 bits per heavy atom.